The van der Waals surface area contributed by atoms with E-state index in [1.54, 1.807) is 0 Å². The maximum atomic E-state index is 6.51. The Hall–Kier alpha value is -1.06. The van der Waals surface area contributed by atoms with Crippen molar-refractivity contribution < 1.29 is 4.74 Å². The van der Waals surface area contributed by atoms with E-state index in [1.807, 2.05) is 7.05 Å². The van der Waals surface area contributed by atoms with E-state index in [4.69, 9.17) is 4.74 Å². The number of para-hydroxylation sites is 1. The lowest BCUT2D eigenvalue weighted by atomic mass is 9.86. The zero-order valence-corrected chi connectivity index (χ0v) is 21.7. The maximum Gasteiger partial charge on any atom is 0.191 e. The van der Waals surface area contributed by atoms with E-state index in [9.17, 15) is 0 Å². The van der Waals surface area contributed by atoms with E-state index in [0.29, 0.717) is 6.04 Å². The molecule has 0 aromatic heterocycles. The van der Waals surface area contributed by atoms with Gasteiger partial charge in [0.1, 0.15) is 11.4 Å². The second kappa shape index (κ2) is 11.2. The smallest absolute Gasteiger partial charge is 0.191 e. The maximum absolute atomic E-state index is 6.51. The first kappa shape index (κ1) is 24.6. The van der Waals surface area contributed by atoms with Crippen LogP contribution < -0.4 is 15.4 Å². The van der Waals surface area contributed by atoms with Gasteiger partial charge in [0.2, 0.25) is 0 Å². The first-order valence-corrected chi connectivity index (χ1v) is 11.8. The van der Waals surface area contributed by atoms with Crippen molar-refractivity contribution in [2.75, 3.05) is 46.3 Å². The molecule has 2 unspecified atom stereocenters. The molecule has 2 N–H and O–H groups in total. The molecular weight excluding hydrogens is 501 g/mol. The highest BCUT2D eigenvalue weighted by molar-refractivity contribution is 14.0. The Bertz CT molecular complexity index is 728. The predicted molar refractivity (Wildman–Crippen MR) is 139 cm³/mol. The van der Waals surface area contributed by atoms with Crippen LogP contribution in [-0.2, 0) is 0 Å². The van der Waals surface area contributed by atoms with Gasteiger partial charge in [0, 0.05) is 57.8 Å². The Morgan fingerprint density at radius 1 is 1.19 bits per heavy atom. The molecule has 1 aromatic rings. The van der Waals surface area contributed by atoms with Crippen molar-refractivity contribution in [3.8, 4) is 5.75 Å². The van der Waals surface area contributed by atoms with Crippen molar-refractivity contribution in [1.82, 2.24) is 20.4 Å². The molecule has 1 aromatic carbocycles. The van der Waals surface area contributed by atoms with Gasteiger partial charge in [-0.15, -0.1) is 24.0 Å². The first-order chi connectivity index (χ1) is 14.6. The van der Waals surface area contributed by atoms with Crippen molar-refractivity contribution >= 4 is 29.9 Å². The van der Waals surface area contributed by atoms with Crippen LogP contribution in [0.25, 0.3) is 0 Å². The summed E-state index contributed by atoms with van der Waals surface area (Å²) in [5.41, 5.74) is 1.25. The largest absolute Gasteiger partial charge is 0.487 e. The molecule has 174 valence electrons. The van der Waals surface area contributed by atoms with E-state index in [0.717, 1.165) is 57.2 Å². The van der Waals surface area contributed by atoms with Gasteiger partial charge in [-0.25, -0.2) is 0 Å². The summed E-state index contributed by atoms with van der Waals surface area (Å²) in [5, 5.41) is 7.31. The molecular formula is C24H40IN5O. The van der Waals surface area contributed by atoms with Gasteiger partial charge in [0.15, 0.2) is 5.96 Å². The average Bonchev–Trinajstić information content (AvgIpc) is 3.23. The number of halogens is 1. The average molecular weight is 542 g/mol. The van der Waals surface area contributed by atoms with E-state index in [-0.39, 0.29) is 35.6 Å². The Labute approximate surface area is 205 Å². The fraction of sp³-hybridized carbons (Fsp3) is 0.708. The number of hydrogen-bond acceptors (Lipinski definition) is 4. The van der Waals surface area contributed by atoms with E-state index in [1.165, 1.54) is 31.5 Å². The number of hydrogen-bond donors (Lipinski definition) is 2. The Kier molecular flexibility index (Phi) is 8.87. The van der Waals surface area contributed by atoms with Crippen molar-refractivity contribution in [2.24, 2.45) is 4.99 Å². The number of likely N-dealkylation sites (N-methyl/N-ethyl adjacent to an activating group) is 1. The molecule has 2 atom stereocenters. The minimum atomic E-state index is -0.00286. The molecule has 4 rings (SSSR count). The number of nitrogens with one attached hydrogen (secondary N) is 2. The molecule has 2 aliphatic heterocycles. The third-order valence-corrected chi connectivity index (χ3v) is 7.29. The second-order valence-corrected chi connectivity index (χ2v) is 9.20. The summed E-state index contributed by atoms with van der Waals surface area (Å²) in [4.78, 5) is 9.65. The molecule has 0 bridgehead atoms. The van der Waals surface area contributed by atoms with Crippen LogP contribution in [-0.4, -0.2) is 73.7 Å². The molecule has 7 heteroatoms. The summed E-state index contributed by atoms with van der Waals surface area (Å²) in [5.74, 6) is 1.93. The standard InChI is InChI=1S/C24H39N5O.HI/c1-4-28-13-15-29(16-14-28)19(2)18-26-23(25-3)27-21-17-24(11-7-8-12-24)30-22-10-6-5-9-20(21)22;/h5-6,9-10,19,21H,4,7-8,11-18H2,1-3H3,(H2,25,26,27);1H. The van der Waals surface area contributed by atoms with Crippen LogP contribution in [0.5, 0.6) is 5.75 Å². The van der Waals surface area contributed by atoms with Gasteiger partial charge in [-0.1, -0.05) is 25.1 Å². The van der Waals surface area contributed by atoms with Crippen LogP contribution in [0.15, 0.2) is 29.3 Å². The lowest BCUT2D eigenvalue weighted by Gasteiger charge is -2.41. The van der Waals surface area contributed by atoms with Gasteiger partial charge in [-0.3, -0.25) is 9.89 Å². The topological polar surface area (TPSA) is 52.1 Å². The third kappa shape index (κ3) is 5.85. The summed E-state index contributed by atoms with van der Waals surface area (Å²) in [6, 6.07) is 9.23. The second-order valence-electron chi connectivity index (χ2n) is 9.20. The summed E-state index contributed by atoms with van der Waals surface area (Å²) in [6.07, 6.45) is 5.87. The number of ether oxygens (including phenoxy) is 1. The summed E-state index contributed by atoms with van der Waals surface area (Å²) in [6.45, 7) is 11.3. The van der Waals surface area contributed by atoms with Crippen molar-refractivity contribution in [3.63, 3.8) is 0 Å². The van der Waals surface area contributed by atoms with E-state index in [2.05, 4.69) is 63.5 Å². The summed E-state index contributed by atoms with van der Waals surface area (Å²) < 4.78 is 6.51. The molecule has 3 aliphatic rings. The van der Waals surface area contributed by atoms with Crippen LogP contribution in [0.4, 0.5) is 0 Å². The molecule has 2 fully saturated rings. The van der Waals surface area contributed by atoms with Crippen molar-refractivity contribution in [3.05, 3.63) is 29.8 Å². The Morgan fingerprint density at radius 2 is 1.90 bits per heavy atom. The lowest BCUT2D eigenvalue weighted by molar-refractivity contribution is 0.0395. The molecule has 1 saturated carbocycles. The van der Waals surface area contributed by atoms with E-state index < -0.39 is 0 Å². The fourth-order valence-electron chi connectivity index (χ4n) is 5.33. The van der Waals surface area contributed by atoms with Crippen LogP contribution in [0.3, 0.4) is 0 Å². The van der Waals surface area contributed by atoms with Gasteiger partial charge in [0.05, 0.1) is 6.04 Å². The number of fused-ring (bicyclic) bond motifs is 1. The Balaban J connectivity index is 0.00000272. The quantitative estimate of drug-likeness (QED) is 0.339. The minimum Gasteiger partial charge on any atom is -0.487 e. The zero-order valence-electron chi connectivity index (χ0n) is 19.4. The Morgan fingerprint density at radius 3 is 2.58 bits per heavy atom. The molecule has 0 radical (unpaired) electrons. The number of guanidine groups is 1. The molecule has 1 spiro atoms. The SMILES string of the molecule is CCN1CCN(C(C)CNC(=NC)NC2CC3(CCCC3)Oc3ccccc32)CC1.I. The van der Waals surface area contributed by atoms with Gasteiger partial charge in [0.25, 0.3) is 0 Å². The normalized spacial score (nSPS) is 24.7. The third-order valence-electron chi connectivity index (χ3n) is 7.29. The van der Waals surface area contributed by atoms with E-state index >= 15 is 0 Å². The number of piperazine rings is 1. The number of benzene rings is 1. The highest BCUT2D eigenvalue weighted by Gasteiger charge is 2.43. The fourth-order valence-corrected chi connectivity index (χ4v) is 5.33. The van der Waals surface area contributed by atoms with Gasteiger partial charge in [-0.2, -0.15) is 0 Å². The molecule has 1 saturated heterocycles. The van der Waals surface area contributed by atoms with Crippen LogP contribution in [0.1, 0.15) is 57.6 Å². The molecule has 6 nitrogen and oxygen atoms in total. The summed E-state index contributed by atoms with van der Waals surface area (Å²) >= 11 is 0. The van der Waals surface area contributed by atoms with Crippen molar-refractivity contribution in [1.29, 1.82) is 0 Å². The molecule has 31 heavy (non-hydrogen) atoms. The van der Waals surface area contributed by atoms with Crippen LogP contribution in [0.2, 0.25) is 0 Å². The van der Waals surface area contributed by atoms with Crippen molar-refractivity contribution in [2.45, 2.75) is 63.6 Å². The lowest BCUT2D eigenvalue weighted by Crippen LogP contribution is -2.53. The van der Waals surface area contributed by atoms with Gasteiger partial charge in [-0.05, 0) is 45.2 Å². The summed E-state index contributed by atoms with van der Waals surface area (Å²) in [7, 11) is 1.87. The van der Waals surface area contributed by atoms with Gasteiger partial charge >= 0.3 is 0 Å². The highest BCUT2D eigenvalue weighted by atomic mass is 127. The minimum absolute atomic E-state index is 0. The molecule has 0 amide bonds. The van der Waals surface area contributed by atoms with Crippen LogP contribution in [0, 0.1) is 0 Å². The highest BCUT2D eigenvalue weighted by Crippen LogP contribution is 2.46. The number of nitrogens with zero attached hydrogens (tertiary/aromatic N) is 3. The number of aliphatic imine (C=N–C) groups is 1. The monoisotopic (exact) mass is 541 g/mol. The van der Waals surface area contributed by atoms with Crippen LogP contribution >= 0.6 is 24.0 Å². The molecule has 1 aliphatic carbocycles. The predicted octanol–water partition coefficient (Wildman–Crippen LogP) is 3.63. The zero-order chi connectivity index (χ0) is 21.0. The van der Waals surface area contributed by atoms with Gasteiger partial charge < -0.3 is 20.3 Å². The first-order valence-electron chi connectivity index (χ1n) is 11.8. The number of rotatable bonds is 5. The molecule has 2 heterocycles.